The molecule has 32 heavy (non-hydrogen) atoms. The molecular weight excluding hydrogens is 412 g/mol. The molecule has 9 heteroatoms. The van der Waals surface area contributed by atoms with E-state index in [1.54, 1.807) is 4.90 Å². The van der Waals surface area contributed by atoms with E-state index in [-0.39, 0.29) is 24.6 Å². The number of likely N-dealkylation sites (N-methyl/N-ethyl adjacent to an activating group) is 1. The van der Waals surface area contributed by atoms with E-state index in [1.807, 2.05) is 30.3 Å². The van der Waals surface area contributed by atoms with E-state index in [0.29, 0.717) is 5.69 Å². The number of carbonyl (C=O) groups excluding carboxylic acids is 2. The summed E-state index contributed by atoms with van der Waals surface area (Å²) in [5, 5.41) is 0.930. The number of esters is 2. The maximum absolute atomic E-state index is 12.5. The Labute approximate surface area is 187 Å². The third-order valence-electron chi connectivity index (χ3n) is 5.86. The number of hydrogen-bond acceptors (Lipinski definition) is 9. The summed E-state index contributed by atoms with van der Waals surface area (Å²) in [5.41, 5.74) is 2.86. The highest BCUT2D eigenvalue weighted by atomic mass is 16.5. The first kappa shape index (κ1) is 22.2. The van der Waals surface area contributed by atoms with Crippen molar-refractivity contribution in [3.8, 4) is 0 Å². The van der Waals surface area contributed by atoms with Crippen LogP contribution >= 0.6 is 0 Å². The molecule has 1 saturated heterocycles. The quantitative estimate of drug-likeness (QED) is 0.640. The van der Waals surface area contributed by atoms with Gasteiger partial charge in [0.15, 0.2) is 0 Å². The second-order valence-corrected chi connectivity index (χ2v) is 7.97. The Kier molecular flexibility index (Phi) is 6.69. The Bertz CT molecular complexity index is 1050. The van der Waals surface area contributed by atoms with Crippen LogP contribution in [0.25, 0.3) is 10.9 Å². The number of methoxy groups -OCH3 is 2. The van der Waals surface area contributed by atoms with Gasteiger partial charge in [0, 0.05) is 43.8 Å². The van der Waals surface area contributed by atoms with Crippen LogP contribution < -0.4 is 4.90 Å². The van der Waals surface area contributed by atoms with Crippen molar-refractivity contribution in [1.82, 2.24) is 14.8 Å². The molecule has 0 atom stereocenters. The molecule has 0 spiro atoms. The first-order chi connectivity index (χ1) is 15.5. The maximum atomic E-state index is 12.5. The Morgan fingerprint density at radius 3 is 2.50 bits per heavy atom. The molecule has 9 nitrogen and oxygen atoms in total. The molecule has 0 aliphatic carbocycles. The number of benzene rings is 1. The molecule has 1 fully saturated rings. The molecule has 2 aromatic rings. The standard InChI is InChI=1S/C23H28N4O5/c1-25-8-10-26(11-9-25)13-17-5-4-16-12-18(6-7-20(16)24-17)27-15-32-14-19(22(28)30-2)21(27)23(29)31-3/h4-7,12H,8-11,13-15H2,1-3H3. The Morgan fingerprint density at radius 2 is 1.78 bits per heavy atom. The molecular formula is C23H28N4O5. The summed E-state index contributed by atoms with van der Waals surface area (Å²) >= 11 is 0. The third-order valence-corrected chi connectivity index (χ3v) is 5.86. The number of anilines is 1. The SMILES string of the molecule is COC(=O)C1=C(C(=O)OC)N(c2ccc3nc(CN4CCN(C)CC4)ccc3c2)COC1. The van der Waals surface area contributed by atoms with Crippen molar-refractivity contribution in [2.45, 2.75) is 6.54 Å². The highest BCUT2D eigenvalue weighted by Gasteiger charge is 2.32. The minimum absolute atomic E-state index is 0.0155. The minimum atomic E-state index is -0.619. The van der Waals surface area contributed by atoms with Gasteiger partial charge in [-0.1, -0.05) is 6.07 Å². The van der Waals surface area contributed by atoms with Crippen LogP contribution in [-0.2, 0) is 30.3 Å². The highest BCUT2D eigenvalue weighted by molar-refractivity contribution is 6.03. The van der Waals surface area contributed by atoms with E-state index >= 15 is 0 Å². The summed E-state index contributed by atoms with van der Waals surface area (Å²) in [5.74, 6) is -1.24. The fraction of sp³-hybridized carbons (Fsp3) is 0.435. The summed E-state index contributed by atoms with van der Waals surface area (Å²) in [6, 6.07) is 9.77. The fourth-order valence-corrected chi connectivity index (χ4v) is 3.99. The van der Waals surface area contributed by atoms with E-state index in [4.69, 9.17) is 19.2 Å². The lowest BCUT2D eigenvalue weighted by Crippen LogP contribution is -2.44. The Balaban J connectivity index is 1.61. The number of fused-ring (bicyclic) bond motifs is 1. The minimum Gasteiger partial charge on any atom is -0.466 e. The van der Waals surface area contributed by atoms with Crippen molar-refractivity contribution < 1.29 is 23.8 Å². The van der Waals surface area contributed by atoms with Crippen LogP contribution in [0.5, 0.6) is 0 Å². The van der Waals surface area contributed by atoms with Crippen molar-refractivity contribution in [3.05, 3.63) is 47.3 Å². The van der Waals surface area contributed by atoms with Crippen molar-refractivity contribution >= 4 is 28.5 Å². The summed E-state index contributed by atoms with van der Waals surface area (Å²) < 4.78 is 15.3. The zero-order valence-electron chi connectivity index (χ0n) is 18.7. The third kappa shape index (κ3) is 4.59. The predicted molar refractivity (Wildman–Crippen MR) is 119 cm³/mol. The van der Waals surface area contributed by atoms with Gasteiger partial charge in [-0.2, -0.15) is 0 Å². The summed E-state index contributed by atoms with van der Waals surface area (Å²) in [6.45, 7) is 5.13. The number of piperazine rings is 1. The number of carbonyl (C=O) groups is 2. The molecule has 4 rings (SSSR count). The van der Waals surface area contributed by atoms with Crippen LogP contribution in [0, 0.1) is 0 Å². The number of rotatable bonds is 5. The average Bonchev–Trinajstić information content (AvgIpc) is 2.83. The maximum Gasteiger partial charge on any atom is 0.355 e. The van der Waals surface area contributed by atoms with Crippen LogP contribution in [0.2, 0.25) is 0 Å². The molecule has 1 aromatic carbocycles. The van der Waals surface area contributed by atoms with Gasteiger partial charge in [0.1, 0.15) is 12.4 Å². The highest BCUT2D eigenvalue weighted by Crippen LogP contribution is 2.29. The number of pyridine rings is 1. The summed E-state index contributed by atoms with van der Waals surface area (Å²) in [4.78, 5) is 35.9. The van der Waals surface area contributed by atoms with Crippen LogP contribution in [0.3, 0.4) is 0 Å². The zero-order valence-corrected chi connectivity index (χ0v) is 18.7. The molecule has 2 aliphatic heterocycles. The normalized spacial score (nSPS) is 18.2. The second kappa shape index (κ2) is 9.64. The van der Waals surface area contributed by atoms with E-state index in [1.165, 1.54) is 14.2 Å². The molecule has 0 radical (unpaired) electrons. The van der Waals surface area contributed by atoms with Gasteiger partial charge in [0.25, 0.3) is 0 Å². The van der Waals surface area contributed by atoms with Crippen molar-refractivity contribution in [2.75, 3.05) is 65.7 Å². The fourth-order valence-electron chi connectivity index (χ4n) is 3.99. The Hall–Kier alpha value is -3.01. The largest absolute Gasteiger partial charge is 0.466 e. The zero-order chi connectivity index (χ0) is 22.7. The van der Waals surface area contributed by atoms with Crippen LogP contribution in [0.15, 0.2) is 41.6 Å². The molecule has 170 valence electrons. The van der Waals surface area contributed by atoms with Gasteiger partial charge in [0.05, 0.1) is 37.6 Å². The average molecular weight is 441 g/mol. The number of aromatic nitrogens is 1. The number of hydrogen-bond donors (Lipinski definition) is 0. The molecule has 2 aliphatic rings. The molecule has 0 bridgehead atoms. The van der Waals surface area contributed by atoms with Gasteiger partial charge in [-0.15, -0.1) is 0 Å². The van der Waals surface area contributed by atoms with E-state index in [0.717, 1.165) is 49.3 Å². The monoisotopic (exact) mass is 440 g/mol. The van der Waals surface area contributed by atoms with Gasteiger partial charge in [-0.05, 0) is 31.3 Å². The van der Waals surface area contributed by atoms with Gasteiger partial charge < -0.3 is 24.0 Å². The summed E-state index contributed by atoms with van der Waals surface area (Å²) in [7, 11) is 4.69. The Morgan fingerprint density at radius 1 is 1.03 bits per heavy atom. The van der Waals surface area contributed by atoms with E-state index in [9.17, 15) is 9.59 Å². The molecule has 0 N–H and O–H groups in total. The lowest BCUT2D eigenvalue weighted by Gasteiger charge is -2.32. The van der Waals surface area contributed by atoms with Crippen molar-refractivity contribution in [3.63, 3.8) is 0 Å². The van der Waals surface area contributed by atoms with Crippen LogP contribution in [0.1, 0.15) is 5.69 Å². The van der Waals surface area contributed by atoms with Crippen LogP contribution in [-0.4, -0.2) is 87.5 Å². The first-order valence-corrected chi connectivity index (χ1v) is 10.6. The molecule has 1 aromatic heterocycles. The molecule has 0 unspecified atom stereocenters. The van der Waals surface area contributed by atoms with Crippen molar-refractivity contribution in [2.24, 2.45) is 0 Å². The topological polar surface area (TPSA) is 84.4 Å². The van der Waals surface area contributed by atoms with Gasteiger partial charge >= 0.3 is 11.9 Å². The van der Waals surface area contributed by atoms with E-state index < -0.39 is 11.9 Å². The number of nitrogens with zero attached hydrogens (tertiary/aromatic N) is 4. The van der Waals surface area contributed by atoms with Gasteiger partial charge in [0.2, 0.25) is 0 Å². The molecule has 0 saturated carbocycles. The first-order valence-electron chi connectivity index (χ1n) is 10.6. The second-order valence-electron chi connectivity index (χ2n) is 7.97. The molecule has 0 amide bonds. The van der Waals surface area contributed by atoms with E-state index in [2.05, 4.69) is 16.8 Å². The summed E-state index contributed by atoms with van der Waals surface area (Å²) in [6.07, 6.45) is 0. The van der Waals surface area contributed by atoms with Gasteiger partial charge in [-0.3, -0.25) is 9.88 Å². The molecule has 3 heterocycles. The van der Waals surface area contributed by atoms with Gasteiger partial charge in [-0.25, -0.2) is 9.59 Å². The predicted octanol–water partition coefficient (Wildman–Crippen LogP) is 1.38. The van der Waals surface area contributed by atoms with Crippen molar-refractivity contribution in [1.29, 1.82) is 0 Å². The lowest BCUT2D eigenvalue weighted by molar-refractivity contribution is -0.140. The lowest BCUT2D eigenvalue weighted by atomic mass is 10.1. The smallest absolute Gasteiger partial charge is 0.355 e. The van der Waals surface area contributed by atoms with Crippen LogP contribution in [0.4, 0.5) is 5.69 Å². The number of ether oxygens (including phenoxy) is 3.